The van der Waals surface area contributed by atoms with Gasteiger partial charge in [-0.2, -0.15) is 5.10 Å². The van der Waals surface area contributed by atoms with E-state index in [1.807, 2.05) is 42.5 Å². The Morgan fingerprint density at radius 3 is 2.00 bits per heavy atom. The lowest BCUT2D eigenvalue weighted by Crippen LogP contribution is -2.19. The third kappa shape index (κ3) is 6.24. The molecule has 7 nitrogen and oxygen atoms in total. The zero-order chi connectivity index (χ0) is 22.9. The number of hydrogen-bond donors (Lipinski definition) is 3. The number of aliphatic carboxylic acids is 1. The number of hydrogen-bond acceptors (Lipinski definition) is 4. The molecule has 0 atom stereocenters. The summed E-state index contributed by atoms with van der Waals surface area (Å²) in [5, 5.41) is 15.2. The van der Waals surface area contributed by atoms with E-state index in [0.717, 1.165) is 28.8 Å². The smallest absolute Gasteiger partial charge is 0.328 e. The van der Waals surface area contributed by atoms with Crippen LogP contribution in [-0.2, 0) is 9.59 Å². The van der Waals surface area contributed by atoms with Crippen LogP contribution in [0.25, 0.3) is 11.1 Å². The van der Waals surface area contributed by atoms with E-state index in [-0.39, 0.29) is 5.91 Å². The molecule has 32 heavy (non-hydrogen) atoms. The van der Waals surface area contributed by atoms with Crippen LogP contribution in [0.2, 0.25) is 0 Å². The van der Waals surface area contributed by atoms with Crippen LogP contribution >= 0.6 is 0 Å². The van der Waals surface area contributed by atoms with Crippen molar-refractivity contribution in [3.8, 4) is 11.1 Å². The Labute approximate surface area is 185 Å². The predicted octanol–water partition coefficient (Wildman–Crippen LogP) is 4.09. The highest BCUT2D eigenvalue weighted by Crippen LogP contribution is 2.19. The molecule has 0 aromatic heterocycles. The summed E-state index contributed by atoms with van der Waals surface area (Å²) in [6.45, 7) is 1.75. The molecule has 3 N–H and O–H groups in total. The standard InChI is InChI=1S/C25H21N3O4/c1-17(18-11-13-22(14-12-18)26-23(29)15-16-24(30)31)27-28-25(32)21-9-7-20(8-10-21)19-5-3-2-4-6-19/h2-16H,1H3,(H,26,29)(H,28,32)(H,30,31)/b16-15+,27-17-. The lowest BCUT2D eigenvalue weighted by Gasteiger charge is -2.06. The van der Waals surface area contributed by atoms with Crippen molar-refractivity contribution >= 4 is 29.2 Å². The highest BCUT2D eigenvalue weighted by Gasteiger charge is 2.06. The molecule has 160 valence electrons. The second-order valence-corrected chi connectivity index (χ2v) is 6.82. The third-order valence-corrected chi connectivity index (χ3v) is 4.53. The first-order chi connectivity index (χ1) is 15.4. The highest BCUT2D eigenvalue weighted by molar-refractivity contribution is 6.03. The average molecular weight is 427 g/mol. The van der Waals surface area contributed by atoms with Gasteiger partial charge in [-0.1, -0.05) is 54.6 Å². The van der Waals surface area contributed by atoms with Gasteiger partial charge in [0, 0.05) is 23.4 Å². The Balaban J connectivity index is 1.59. The van der Waals surface area contributed by atoms with E-state index < -0.39 is 11.9 Å². The minimum atomic E-state index is -1.20. The van der Waals surface area contributed by atoms with Gasteiger partial charge in [0.05, 0.1) is 5.71 Å². The maximum absolute atomic E-state index is 12.4. The van der Waals surface area contributed by atoms with Crippen LogP contribution < -0.4 is 10.7 Å². The van der Waals surface area contributed by atoms with E-state index in [0.29, 0.717) is 17.0 Å². The zero-order valence-electron chi connectivity index (χ0n) is 17.3. The molecule has 0 fully saturated rings. The number of hydrazone groups is 1. The van der Waals surface area contributed by atoms with Crippen molar-refractivity contribution in [2.45, 2.75) is 6.92 Å². The number of rotatable bonds is 7. The summed E-state index contributed by atoms with van der Waals surface area (Å²) in [7, 11) is 0. The van der Waals surface area contributed by atoms with Crippen LogP contribution in [0.15, 0.2) is 96.1 Å². The van der Waals surface area contributed by atoms with E-state index in [1.165, 1.54) is 0 Å². The lowest BCUT2D eigenvalue weighted by atomic mass is 10.0. The summed E-state index contributed by atoms with van der Waals surface area (Å²) < 4.78 is 0. The number of nitrogens with one attached hydrogen (secondary N) is 2. The Morgan fingerprint density at radius 1 is 0.781 bits per heavy atom. The molecule has 3 aromatic carbocycles. The topological polar surface area (TPSA) is 108 Å². The molecule has 3 aromatic rings. The number of benzene rings is 3. The molecule has 3 rings (SSSR count). The van der Waals surface area contributed by atoms with E-state index in [2.05, 4.69) is 15.8 Å². The number of anilines is 1. The molecule has 0 aliphatic rings. The number of carboxylic acids is 1. The van der Waals surface area contributed by atoms with Crippen LogP contribution in [0, 0.1) is 0 Å². The molecule has 2 amide bonds. The van der Waals surface area contributed by atoms with Crippen LogP contribution in [0.3, 0.4) is 0 Å². The molecule has 0 saturated carbocycles. The summed E-state index contributed by atoms with van der Waals surface area (Å²) in [5.74, 6) is -2.06. The van der Waals surface area contributed by atoms with Gasteiger partial charge in [0.1, 0.15) is 0 Å². The molecule has 0 spiro atoms. The van der Waals surface area contributed by atoms with Gasteiger partial charge >= 0.3 is 5.97 Å². The Hall–Kier alpha value is -4.52. The summed E-state index contributed by atoms with van der Waals surface area (Å²) in [4.78, 5) is 34.5. The molecule has 0 aliphatic heterocycles. The van der Waals surface area contributed by atoms with Crippen molar-refractivity contribution in [3.63, 3.8) is 0 Å². The first kappa shape index (κ1) is 22.2. The summed E-state index contributed by atoms with van der Waals surface area (Å²) in [5.41, 5.74) is 6.98. The lowest BCUT2D eigenvalue weighted by molar-refractivity contribution is -0.131. The Bertz CT molecular complexity index is 1170. The first-order valence-corrected chi connectivity index (χ1v) is 9.75. The average Bonchev–Trinajstić information content (AvgIpc) is 2.82. The fraction of sp³-hybridized carbons (Fsp3) is 0.0400. The number of carboxylic acid groups (broad SMARTS) is 1. The van der Waals surface area contributed by atoms with Crippen LogP contribution in [-0.4, -0.2) is 28.6 Å². The minimum absolute atomic E-state index is 0.321. The van der Waals surface area contributed by atoms with E-state index >= 15 is 0 Å². The molecular formula is C25H21N3O4. The fourth-order valence-electron chi connectivity index (χ4n) is 2.83. The van der Waals surface area contributed by atoms with Crippen LogP contribution in [0.1, 0.15) is 22.8 Å². The van der Waals surface area contributed by atoms with Gasteiger partial charge in [-0.3, -0.25) is 9.59 Å². The van der Waals surface area contributed by atoms with Crippen molar-refractivity contribution in [3.05, 3.63) is 102 Å². The predicted molar refractivity (Wildman–Crippen MR) is 123 cm³/mol. The van der Waals surface area contributed by atoms with Crippen molar-refractivity contribution < 1.29 is 19.5 Å². The molecule has 0 heterocycles. The molecular weight excluding hydrogens is 406 g/mol. The molecule has 7 heteroatoms. The fourth-order valence-corrected chi connectivity index (χ4v) is 2.83. The van der Waals surface area contributed by atoms with Crippen molar-refractivity contribution in [1.82, 2.24) is 5.43 Å². The second-order valence-electron chi connectivity index (χ2n) is 6.82. The van der Waals surface area contributed by atoms with E-state index in [4.69, 9.17) is 5.11 Å². The zero-order valence-corrected chi connectivity index (χ0v) is 17.3. The Kier molecular flexibility index (Phi) is 7.27. The van der Waals surface area contributed by atoms with E-state index in [9.17, 15) is 14.4 Å². The summed E-state index contributed by atoms with van der Waals surface area (Å²) in [6.07, 6.45) is 1.70. The SMILES string of the molecule is C/C(=N/NC(=O)c1ccc(-c2ccccc2)cc1)c1ccc(NC(=O)/C=C/C(=O)O)cc1. The second kappa shape index (κ2) is 10.5. The summed E-state index contributed by atoms with van der Waals surface area (Å²) >= 11 is 0. The van der Waals surface area contributed by atoms with Gasteiger partial charge < -0.3 is 10.4 Å². The quantitative estimate of drug-likeness (QED) is 0.300. The van der Waals surface area contributed by atoms with Crippen LogP contribution in [0.5, 0.6) is 0 Å². The number of amides is 2. The first-order valence-electron chi connectivity index (χ1n) is 9.75. The largest absolute Gasteiger partial charge is 0.478 e. The van der Waals surface area contributed by atoms with Gasteiger partial charge in [-0.25, -0.2) is 10.2 Å². The molecule has 0 saturated heterocycles. The van der Waals surface area contributed by atoms with Gasteiger partial charge in [0.15, 0.2) is 0 Å². The van der Waals surface area contributed by atoms with Crippen molar-refractivity contribution in [1.29, 1.82) is 0 Å². The number of nitrogens with zero attached hydrogens (tertiary/aromatic N) is 1. The molecule has 0 unspecified atom stereocenters. The highest BCUT2D eigenvalue weighted by atomic mass is 16.4. The van der Waals surface area contributed by atoms with Crippen LogP contribution in [0.4, 0.5) is 5.69 Å². The van der Waals surface area contributed by atoms with Gasteiger partial charge in [0.2, 0.25) is 5.91 Å². The minimum Gasteiger partial charge on any atom is -0.478 e. The molecule has 0 bridgehead atoms. The Morgan fingerprint density at radius 2 is 1.38 bits per heavy atom. The third-order valence-electron chi connectivity index (χ3n) is 4.53. The van der Waals surface area contributed by atoms with E-state index in [1.54, 1.807) is 43.3 Å². The monoisotopic (exact) mass is 427 g/mol. The maximum Gasteiger partial charge on any atom is 0.328 e. The number of carbonyl (C=O) groups is 3. The van der Waals surface area contributed by atoms with Gasteiger partial charge in [-0.05, 0) is 47.9 Å². The molecule has 0 aliphatic carbocycles. The summed E-state index contributed by atoms with van der Waals surface area (Å²) in [6, 6.07) is 23.9. The van der Waals surface area contributed by atoms with Crippen molar-refractivity contribution in [2.75, 3.05) is 5.32 Å². The van der Waals surface area contributed by atoms with Gasteiger partial charge in [0.25, 0.3) is 5.91 Å². The van der Waals surface area contributed by atoms with Gasteiger partial charge in [-0.15, -0.1) is 0 Å². The normalized spacial score (nSPS) is 11.2. The van der Waals surface area contributed by atoms with Crippen molar-refractivity contribution in [2.24, 2.45) is 5.10 Å². The number of carbonyl (C=O) groups excluding carboxylic acids is 2. The maximum atomic E-state index is 12.4. The molecule has 0 radical (unpaired) electrons.